The zero-order chi connectivity index (χ0) is 14.0. The van der Waals surface area contributed by atoms with Gasteiger partial charge in [0.2, 0.25) is 0 Å². The average molecular weight is 350 g/mol. The molecule has 0 heterocycles. The Kier molecular flexibility index (Phi) is 4.53. The maximum Gasteiger partial charge on any atom is 0.129 e. The Bertz CT molecular complexity index is 581. The standard InChI is InChI=1S/C14H9BrClF3/c15-10-2-1-3-12(18)14(10)11(16)6-8-4-5-9(17)7-13(8)19/h1-5,7,11H,6H2. The molecule has 2 rings (SSSR count). The van der Waals surface area contributed by atoms with Crippen molar-refractivity contribution < 1.29 is 13.2 Å². The Hall–Kier alpha value is -1.000. The van der Waals surface area contributed by atoms with Crippen LogP contribution in [0.15, 0.2) is 40.9 Å². The monoisotopic (exact) mass is 348 g/mol. The van der Waals surface area contributed by atoms with E-state index in [-0.39, 0.29) is 17.5 Å². The van der Waals surface area contributed by atoms with Gasteiger partial charge in [0.1, 0.15) is 17.5 Å². The van der Waals surface area contributed by atoms with Crippen LogP contribution in [0.5, 0.6) is 0 Å². The quantitative estimate of drug-likeness (QED) is 0.652. The van der Waals surface area contributed by atoms with E-state index in [0.717, 1.165) is 12.1 Å². The van der Waals surface area contributed by atoms with Crippen LogP contribution in [0, 0.1) is 17.5 Å². The van der Waals surface area contributed by atoms with E-state index in [9.17, 15) is 13.2 Å². The van der Waals surface area contributed by atoms with Gasteiger partial charge in [-0.25, -0.2) is 13.2 Å². The van der Waals surface area contributed by atoms with E-state index in [0.29, 0.717) is 4.47 Å². The molecule has 2 aromatic carbocycles. The van der Waals surface area contributed by atoms with Crippen molar-refractivity contribution in [2.75, 3.05) is 0 Å². The minimum Gasteiger partial charge on any atom is -0.207 e. The van der Waals surface area contributed by atoms with Gasteiger partial charge < -0.3 is 0 Å². The first kappa shape index (κ1) is 14.4. The molecular weight excluding hydrogens is 341 g/mol. The molecule has 2 aromatic rings. The van der Waals surface area contributed by atoms with Crippen LogP contribution in [0.3, 0.4) is 0 Å². The lowest BCUT2D eigenvalue weighted by atomic mass is 10.0. The highest BCUT2D eigenvalue weighted by Crippen LogP contribution is 2.33. The molecule has 0 aliphatic heterocycles. The number of halogens is 5. The fraction of sp³-hybridized carbons (Fsp3) is 0.143. The highest BCUT2D eigenvalue weighted by atomic mass is 79.9. The summed E-state index contributed by atoms with van der Waals surface area (Å²) in [7, 11) is 0. The summed E-state index contributed by atoms with van der Waals surface area (Å²) in [6.07, 6.45) is 0.0766. The summed E-state index contributed by atoms with van der Waals surface area (Å²) in [4.78, 5) is 0. The summed E-state index contributed by atoms with van der Waals surface area (Å²) < 4.78 is 40.5. The zero-order valence-electron chi connectivity index (χ0n) is 9.64. The molecular formula is C14H9BrClF3. The van der Waals surface area contributed by atoms with Crippen LogP contribution in [-0.2, 0) is 6.42 Å². The number of alkyl halides is 1. The second-order valence-electron chi connectivity index (χ2n) is 4.04. The van der Waals surface area contributed by atoms with Gasteiger partial charge in [0, 0.05) is 16.1 Å². The molecule has 0 aliphatic carbocycles. The summed E-state index contributed by atoms with van der Waals surface area (Å²) in [5.41, 5.74) is 0.518. The molecule has 0 radical (unpaired) electrons. The zero-order valence-corrected chi connectivity index (χ0v) is 12.0. The van der Waals surface area contributed by atoms with Gasteiger partial charge in [0.25, 0.3) is 0 Å². The van der Waals surface area contributed by atoms with Gasteiger partial charge in [-0.15, -0.1) is 11.6 Å². The Morgan fingerprint density at radius 3 is 2.42 bits per heavy atom. The number of hydrogen-bond acceptors (Lipinski definition) is 0. The fourth-order valence-corrected chi connectivity index (χ4v) is 2.93. The maximum absolute atomic E-state index is 13.7. The van der Waals surface area contributed by atoms with Gasteiger partial charge >= 0.3 is 0 Å². The van der Waals surface area contributed by atoms with Gasteiger partial charge in [0.15, 0.2) is 0 Å². The molecule has 0 N–H and O–H groups in total. The summed E-state index contributed by atoms with van der Waals surface area (Å²) >= 11 is 9.35. The third-order valence-electron chi connectivity index (χ3n) is 2.73. The molecule has 0 bridgehead atoms. The third-order valence-corrected chi connectivity index (χ3v) is 3.79. The van der Waals surface area contributed by atoms with Gasteiger partial charge in [-0.2, -0.15) is 0 Å². The fourth-order valence-electron chi connectivity index (χ4n) is 1.79. The first-order chi connectivity index (χ1) is 8.99. The van der Waals surface area contributed by atoms with Gasteiger partial charge in [-0.1, -0.05) is 28.1 Å². The SMILES string of the molecule is Fc1ccc(CC(Cl)c2c(F)cccc2Br)c(F)c1. The minimum atomic E-state index is -0.740. The second kappa shape index (κ2) is 5.97. The molecule has 0 fully saturated rings. The van der Waals surface area contributed by atoms with Gasteiger partial charge in [-0.3, -0.25) is 0 Å². The van der Waals surface area contributed by atoms with E-state index in [1.54, 1.807) is 12.1 Å². The average Bonchev–Trinajstić information content (AvgIpc) is 2.32. The van der Waals surface area contributed by atoms with Crippen molar-refractivity contribution in [1.82, 2.24) is 0 Å². The van der Waals surface area contributed by atoms with Crippen LogP contribution in [0.25, 0.3) is 0 Å². The summed E-state index contributed by atoms with van der Waals surface area (Å²) in [6, 6.07) is 7.75. The van der Waals surface area contributed by atoms with Crippen LogP contribution in [0.2, 0.25) is 0 Å². The Labute approximate surface area is 122 Å². The Balaban J connectivity index is 2.28. The lowest BCUT2D eigenvalue weighted by Gasteiger charge is -2.13. The molecule has 1 unspecified atom stereocenters. The Morgan fingerprint density at radius 1 is 1.05 bits per heavy atom. The molecule has 0 aliphatic rings. The molecule has 19 heavy (non-hydrogen) atoms. The summed E-state index contributed by atoms with van der Waals surface area (Å²) in [6.45, 7) is 0. The smallest absolute Gasteiger partial charge is 0.129 e. The number of hydrogen-bond donors (Lipinski definition) is 0. The van der Waals surface area contributed by atoms with Crippen molar-refractivity contribution in [2.45, 2.75) is 11.8 Å². The van der Waals surface area contributed by atoms with Gasteiger partial charge in [-0.05, 0) is 30.2 Å². The molecule has 0 nitrogen and oxygen atoms in total. The predicted molar refractivity (Wildman–Crippen MR) is 72.8 cm³/mol. The van der Waals surface area contributed by atoms with Crippen molar-refractivity contribution in [3.05, 3.63) is 69.4 Å². The van der Waals surface area contributed by atoms with Crippen LogP contribution >= 0.6 is 27.5 Å². The second-order valence-corrected chi connectivity index (χ2v) is 5.42. The highest BCUT2D eigenvalue weighted by molar-refractivity contribution is 9.10. The highest BCUT2D eigenvalue weighted by Gasteiger charge is 2.18. The van der Waals surface area contributed by atoms with Crippen LogP contribution < -0.4 is 0 Å². The van der Waals surface area contributed by atoms with Crippen LogP contribution in [0.4, 0.5) is 13.2 Å². The molecule has 0 saturated heterocycles. The minimum absolute atomic E-state index is 0.0766. The van der Waals surface area contributed by atoms with Gasteiger partial charge in [0.05, 0.1) is 5.38 Å². The largest absolute Gasteiger partial charge is 0.207 e. The molecule has 5 heteroatoms. The number of rotatable bonds is 3. The van der Waals surface area contributed by atoms with Crippen molar-refractivity contribution in [1.29, 1.82) is 0 Å². The summed E-state index contributed by atoms with van der Waals surface area (Å²) in [5.74, 6) is -1.80. The molecule has 1 atom stereocenters. The van der Waals surface area contributed by atoms with E-state index in [4.69, 9.17) is 11.6 Å². The lowest BCUT2D eigenvalue weighted by molar-refractivity contribution is 0.566. The first-order valence-electron chi connectivity index (χ1n) is 5.51. The normalized spacial score (nSPS) is 12.5. The van der Waals surface area contributed by atoms with E-state index in [1.165, 1.54) is 12.1 Å². The Morgan fingerprint density at radius 2 is 1.79 bits per heavy atom. The molecule has 100 valence electrons. The topological polar surface area (TPSA) is 0 Å². The third kappa shape index (κ3) is 3.31. The van der Waals surface area contributed by atoms with Crippen molar-refractivity contribution >= 4 is 27.5 Å². The first-order valence-corrected chi connectivity index (χ1v) is 6.74. The molecule has 0 aromatic heterocycles. The van der Waals surface area contributed by atoms with Crippen molar-refractivity contribution in [3.8, 4) is 0 Å². The summed E-state index contributed by atoms with van der Waals surface area (Å²) in [5, 5.41) is -0.740. The molecule has 0 saturated carbocycles. The lowest BCUT2D eigenvalue weighted by Crippen LogP contribution is -2.02. The van der Waals surface area contributed by atoms with Crippen molar-refractivity contribution in [2.24, 2.45) is 0 Å². The predicted octanol–water partition coefficient (Wildman–Crippen LogP) is 5.39. The maximum atomic E-state index is 13.7. The van der Waals surface area contributed by atoms with E-state index < -0.39 is 22.8 Å². The van der Waals surface area contributed by atoms with E-state index in [2.05, 4.69) is 15.9 Å². The van der Waals surface area contributed by atoms with E-state index in [1.807, 2.05) is 0 Å². The molecule has 0 amide bonds. The van der Waals surface area contributed by atoms with Crippen molar-refractivity contribution in [3.63, 3.8) is 0 Å². The van der Waals surface area contributed by atoms with Crippen LogP contribution in [0.1, 0.15) is 16.5 Å². The molecule has 0 spiro atoms. The number of benzene rings is 2. The van der Waals surface area contributed by atoms with Crippen LogP contribution in [-0.4, -0.2) is 0 Å². The van der Waals surface area contributed by atoms with E-state index >= 15 is 0 Å².